The summed E-state index contributed by atoms with van der Waals surface area (Å²) in [6.07, 6.45) is 2.66. The van der Waals surface area contributed by atoms with Crippen LogP contribution in [0.25, 0.3) is 11.0 Å². The first-order chi connectivity index (χ1) is 13.5. The molecule has 5 heteroatoms. The van der Waals surface area contributed by atoms with Gasteiger partial charge in [-0.1, -0.05) is 25.5 Å². The molecule has 0 saturated heterocycles. The summed E-state index contributed by atoms with van der Waals surface area (Å²) in [5.41, 5.74) is 2.87. The first kappa shape index (κ1) is 19.7. The Hall–Kier alpha value is -3.08. The predicted octanol–water partition coefficient (Wildman–Crippen LogP) is 4.85. The Balaban J connectivity index is 1.65. The molecule has 3 aromatic rings. The van der Waals surface area contributed by atoms with Crippen LogP contribution >= 0.6 is 0 Å². The number of hydrogen-bond acceptors (Lipinski definition) is 4. The maximum Gasteiger partial charge on any atom is 0.336 e. The second-order valence-electron chi connectivity index (χ2n) is 6.96. The largest absolute Gasteiger partial charge is 0.481 e. The highest BCUT2D eigenvalue weighted by Crippen LogP contribution is 2.23. The number of carbonyl (C=O) groups is 1. The van der Waals surface area contributed by atoms with Gasteiger partial charge in [-0.2, -0.15) is 0 Å². The van der Waals surface area contributed by atoms with Crippen molar-refractivity contribution in [2.24, 2.45) is 0 Å². The fraction of sp³-hybridized carbons (Fsp3) is 0.304. The minimum absolute atomic E-state index is 0.243. The van der Waals surface area contributed by atoms with Crippen LogP contribution in [0.1, 0.15) is 37.8 Å². The molecular weight excluding hydrogens is 354 g/mol. The molecule has 1 aromatic heterocycles. The number of nitrogens with one attached hydrogen (secondary N) is 1. The number of amides is 1. The van der Waals surface area contributed by atoms with E-state index >= 15 is 0 Å². The van der Waals surface area contributed by atoms with Crippen molar-refractivity contribution in [3.63, 3.8) is 0 Å². The van der Waals surface area contributed by atoms with Gasteiger partial charge < -0.3 is 14.5 Å². The van der Waals surface area contributed by atoms with E-state index in [0.29, 0.717) is 11.3 Å². The van der Waals surface area contributed by atoms with Crippen molar-refractivity contribution in [1.82, 2.24) is 0 Å². The molecule has 1 unspecified atom stereocenters. The van der Waals surface area contributed by atoms with Crippen LogP contribution in [0.15, 0.2) is 57.7 Å². The van der Waals surface area contributed by atoms with Gasteiger partial charge in [0.05, 0.1) is 0 Å². The minimum atomic E-state index is -0.700. The van der Waals surface area contributed by atoms with Crippen LogP contribution < -0.4 is 15.7 Å². The molecule has 1 heterocycles. The quantitative estimate of drug-likeness (QED) is 0.596. The summed E-state index contributed by atoms with van der Waals surface area (Å²) in [6.45, 7) is 5.70. The van der Waals surface area contributed by atoms with Gasteiger partial charge in [0, 0.05) is 23.2 Å². The van der Waals surface area contributed by atoms with E-state index in [2.05, 4.69) is 12.2 Å². The number of hydrogen-bond donors (Lipinski definition) is 1. The lowest BCUT2D eigenvalue weighted by molar-refractivity contribution is -0.122. The normalized spacial score (nSPS) is 12.0. The highest BCUT2D eigenvalue weighted by molar-refractivity contribution is 5.94. The topological polar surface area (TPSA) is 68.5 Å². The molecular formula is C23H25NO4. The van der Waals surface area contributed by atoms with E-state index in [9.17, 15) is 9.59 Å². The summed E-state index contributed by atoms with van der Waals surface area (Å²) in [7, 11) is 0. The van der Waals surface area contributed by atoms with Crippen LogP contribution in [0.2, 0.25) is 0 Å². The van der Waals surface area contributed by atoms with Crippen molar-refractivity contribution >= 4 is 22.6 Å². The molecule has 3 rings (SSSR count). The van der Waals surface area contributed by atoms with Gasteiger partial charge in [-0.25, -0.2) is 4.79 Å². The number of benzene rings is 2. The number of fused-ring (bicyclic) bond motifs is 1. The van der Waals surface area contributed by atoms with Gasteiger partial charge in [0.15, 0.2) is 6.10 Å². The fourth-order valence-corrected chi connectivity index (χ4v) is 3.02. The summed E-state index contributed by atoms with van der Waals surface area (Å²) in [5, 5.41) is 3.70. The summed E-state index contributed by atoms with van der Waals surface area (Å²) in [4.78, 5) is 24.0. The van der Waals surface area contributed by atoms with Crippen LogP contribution in [-0.2, 0) is 11.2 Å². The third-order valence-corrected chi connectivity index (χ3v) is 4.65. The van der Waals surface area contributed by atoms with Gasteiger partial charge in [-0.05, 0) is 62.1 Å². The number of ether oxygens (including phenoxy) is 1. The molecule has 1 N–H and O–H groups in total. The third-order valence-electron chi connectivity index (χ3n) is 4.65. The maximum absolute atomic E-state index is 12.4. The van der Waals surface area contributed by atoms with Crippen LogP contribution in [0, 0.1) is 6.92 Å². The summed E-state index contributed by atoms with van der Waals surface area (Å²) in [5.74, 6) is 0.228. The standard InChI is InChI=1S/C23H25NO4/c1-4-5-6-17-7-9-18(10-8-17)24-23(26)16(3)27-19-11-12-20-15(2)13-22(25)28-21(20)14-19/h7-14,16H,4-6H2,1-3H3,(H,24,26). The Morgan fingerprint density at radius 1 is 1.14 bits per heavy atom. The van der Waals surface area contributed by atoms with Crippen molar-refractivity contribution in [1.29, 1.82) is 0 Å². The maximum atomic E-state index is 12.4. The van der Waals surface area contributed by atoms with Crippen LogP contribution in [0.3, 0.4) is 0 Å². The smallest absolute Gasteiger partial charge is 0.336 e. The van der Waals surface area contributed by atoms with E-state index < -0.39 is 11.7 Å². The summed E-state index contributed by atoms with van der Waals surface area (Å²) >= 11 is 0. The molecule has 0 saturated carbocycles. The SMILES string of the molecule is CCCCc1ccc(NC(=O)C(C)Oc2ccc3c(C)cc(=O)oc3c2)cc1. The van der Waals surface area contributed by atoms with Gasteiger partial charge >= 0.3 is 5.63 Å². The average molecular weight is 379 g/mol. The Bertz CT molecular complexity index is 1020. The van der Waals surface area contributed by atoms with E-state index in [1.54, 1.807) is 19.1 Å². The Labute approximate surface area is 164 Å². The second-order valence-corrected chi connectivity index (χ2v) is 6.96. The Kier molecular flexibility index (Phi) is 6.14. The lowest BCUT2D eigenvalue weighted by Gasteiger charge is -2.15. The summed E-state index contributed by atoms with van der Waals surface area (Å²) < 4.78 is 11.0. The number of anilines is 1. The van der Waals surface area contributed by atoms with Crippen molar-refractivity contribution in [3.8, 4) is 5.75 Å². The lowest BCUT2D eigenvalue weighted by Crippen LogP contribution is -2.30. The highest BCUT2D eigenvalue weighted by atomic mass is 16.5. The Morgan fingerprint density at radius 2 is 1.89 bits per heavy atom. The monoisotopic (exact) mass is 379 g/mol. The van der Waals surface area contributed by atoms with Gasteiger partial charge in [0.1, 0.15) is 11.3 Å². The average Bonchev–Trinajstić information content (AvgIpc) is 2.67. The second kappa shape index (κ2) is 8.74. The third kappa shape index (κ3) is 4.80. The van der Waals surface area contributed by atoms with Crippen molar-refractivity contribution in [2.45, 2.75) is 46.1 Å². The molecule has 2 aromatic carbocycles. The molecule has 0 aliphatic rings. The van der Waals surface area contributed by atoms with Gasteiger partial charge in [0.2, 0.25) is 0 Å². The molecule has 0 aliphatic carbocycles. The number of aryl methyl sites for hydroxylation is 2. The molecule has 0 fully saturated rings. The predicted molar refractivity (Wildman–Crippen MR) is 111 cm³/mol. The molecule has 0 bridgehead atoms. The number of rotatable bonds is 7. The molecule has 146 valence electrons. The van der Waals surface area contributed by atoms with Crippen LogP contribution in [0.4, 0.5) is 5.69 Å². The summed E-state index contributed by atoms with van der Waals surface area (Å²) in [6, 6.07) is 14.5. The fourth-order valence-electron chi connectivity index (χ4n) is 3.02. The first-order valence-corrected chi connectivity index (χ1v) is 9.57. The van der Waals surface area contributed by atoms with E-state index in [4.69, 9.17) is 9.15 Å². The van der Waals surface area contributed by atoms with Crippen molar-refractivity contribution in [3.05, 3.63) is 70.1 Å². The van der Waals surface area contributed by atoms with Crippen molar-refractivity contribution < 1.29 is 13.9 Å². The molecule has 0 aliphatic heterocycles. The zero-order chi connectivity index (χ0) is 20.1. The molecule has 0 radical (unpaired) electrons. The first-order valence-electron chi connectivity index (χ1n) is 9.57. The number of unbranched alkanes of at least 4 members (excludes halogenated alkanes) is 1. The number of carbonyl (C=O) groups excluding carboxylic acids is 1. The van der Waals surface area contributed by atoms with Gasteiger partial charge in [-0.15, -0.1) is 0 Å². The lowest BCUT2D eigenvalue weighted by atomic mass is 10.1. The van der Waals surface area contributed by atoms with E-state index in [1.807, 2.05) is 37.3 Å². The van der Waals surface area contributed by atoms with Crippen molar-refractivity contribution in [2.75, 3.05) is 5.32 Å². The zero-order valence-corrected chi connectivity index (χ0v) is 16.5. The van der Waals surface area contributed by atoms with Crippen LogP contribution in [0.5, 0.6) is 5.75 Å². The van der Waals surface area contributed by atoms with Gasteiger partial charge in [0.25, 0.3) is 5.91 Å². The van der Waals surface area contributed by atoms with E-state index in [0.717, 1.165) is 35.9 Å². The van der Waals surface area contributed by atoms with Gasteiger partial charge in [-0.3, -0.25) is 4.79 Å². The van der Waals surface area contributed by atoms with E-state index in [-0.39, 0.29) is 5.91 Å². The molecule has 1 amide bonds. The molecule has 28 heavy (non-hydrogen) atoms. The van der Waals surface area contributed by atoms with Crippen LogP contribution in [-0.4, -0.2) is 12.0 Å². The zero-order valence-electron chi connectivity index (χ0n) is 16.5. The van der Waals surface area contributed by atoms with E-state index in [1.165, 1.54) is 11.6 Å². The Morgan fingerprint density at radius 3 is 2.61 bits per heavy atom. The highest BCUT2D eigenvalue weighted by Gasteiger charge is 2.15. The molecule has 0 spiro atoms. The molecule has 1 atom stereocenters. The molecule has 5 nitrogen and oxygen atoms in total. The minimum Gasteiger partial charge on any atom is -0.481 e.